The maximum atomic E-state index is 12.5. The molecule has 0 bridgehead atoms. The first kappa shape index (κ1) is 21.6. The van der Waals surface area contributed by atoms with E-state index in [9.17, 15) is 9.59 Å². The van der Waals surface area contributed by atoms with Gasteiger partial charge in [-0.1, -0.05) is 43.3 Å². The van der Waals surface area contributed by atoms with E-state index in [1.165, 1.54) is 11.1 Å². The fourth-order valence-electron chi connectivity index (χ4n) is 4.58. The van der Waals surface area contributed by atoms with Crippen molar-refractivity contribution in [3.63, 3.8) is 0 Å². The molecule has 3 amide bonds. The minimum absolute atomic E-state index is 0.0733. The average Bonchev–Trinajstić information content (AvgIpc) is 3.35. The summed E-state index contributed by atoms with van der Waals surface area (Å²) in [5, 5.41) is 9.77. The number of nitrogens with zero attached hydrogens (tertiary/aromatic N) is 3. The monoisotopic (exact) mass is 427 g/mol. The van der Waals surface area contributed by atoms with Crippen molar-refractivity contribution in [1.82, 2.24) is 20.4 Å². The predicted octanol–water partition coefficient (Wildman–Crippen LogP) is 2.06. The molecule has 2 N–H and O–H groups in total. The zero-order valence-electron chi connectivity index (χ0n) is 18.5. The Morgan fingerprint density at radius 3 is 2.81 bits per heavy atom. The Balaban J connectivity index is 1.26. The number of oxime groups is 1. The van der Waals surface area contributed by atoms with Crippen molar-refractivity contribution in [2.45, 2.75) is 51.2 Å². The number of hydrogen-bond donors (Lipinski definition) is 2. The molecule has 168 valence electrons. The highest BCUT2D eigenvalue weighted by Gasteiger charge is 2.44. The van der Waals surface area contributed by atoms with Crippen LogP contribution in [-0.2, 0) is 16.2 Å². The number of piperidine rings is 1. The van der Waals surface area contributed by atoms with Crippen molar-refractivity contribution in [2.24, 2.45) is 5.16 Å². The molecule has 1 unspecified atom stereocenters. The standard InChI is InChI=1S/C23H33N5O3/c1-17(2)19-6-4-18(5-7-19)15-27-11-3-8-23(16-27)14-20(26-31-23)21(29)24-9-12-28-13-10-25-22(28)30/h4-7,17H,3,8-16H2,1-2H3,(H,24,29)(H,25,30). The number of rotatable bonds is 7. The lowest BCUT2D eigenvalue weighted by molar-refractivity contribution is -0.114. The van der Waals surface area contributed by atoms with Gasteiger partial charge in [-0.15, -0.1) is 0 Å². The van der Waals surface area contributed by atoms with Crippen LogP contribution in [0.4, 0.5) is 4.79 Å². The Labute approximate surface area is 184 Å². The number of carbonyl (C=O) groups is 2. The number of urea groups is 1. The molecule has 1 aromatic carbocycles. The van der Waals surface area contributed by atoms with Crippen molar-refractivity contribution >= 4 is 17.6 Å². The van der Waals surface area contributed by atoms with E-state index in [2.05, 4.69) is 58.8 Å². The highest BCUT2D eigenvalue weighted by Crippen LogP contribution is 2.34. The number of amides is 3. The van der Waals surface area contributed by atoms with Crippen LogP contribution in [0.25, 0.3) is 0 Å². The number of benzene rings is 1. The summed E-state index contributed by atoms with van der Waals surface area (Å²) in [5.74, 6) is 0.339. The summed E-state index contributed by atoms with van der Waals surface area (Å²) in [5.41, 5.74) is 2.70. The summed E-state index contributed by atoms with van der Waals surface area (Å²) in [6, 6.07) is 8.77. The van der Waals surface area contributed by atoms with Crippen LogP contribution in [0.3, 0.4) is 0 Å². The van der Waals surface area contributed by atoms with Gasteiger partial charge in [0.25, 0.3) is 5.91 Å². The molecule has 8 nitrogen and oxygen atoms in total. The van der Waals surface area contributed by atoms with Crippen molar-refractivity contribution in [2.75, 3.05) is 39.3 Å². The quantitative estimate of drug-likeness (QED) is 0.698. The van der Waals surface area contributed by atoms with Gasteiger partial charge in [0.1, 0.15) is 5.71 Å². The molecule has 0 aromatic heterocycles. The van der Waals surface area contributed by atoms with E-state index in [1.807, 2.05) is 0 Å². The molecular weight excluding hydrogens is 394 g/mol. The first-order chi connectivity index (χ1) is 14.9. The highest BCUT2D eigenvalue weighted by molar-refractivity contribution is 6.39. The summed E-state index contributed by atoms with van der Waals surface area (Å²) in [4.78, 5) is 34.0. The van der Waals surface area contributed by atoms with Gasteiger partial charge in [-0.05, 0) is 36.4 Å². The molecular formula is C23H33N5O3. The molecule has 31 heavy (non-hydrogen) atoms. The fourth-order valence-corrected chi connectivity index (χ4v) is 4.58. The van der Waals surface area contributed by atoms with Crippen LogP contribution in [0.15, 0.2) is 29.4 Å². The molecule has 1 atom stereocenters. The molecule has 3 aliphatic rings. The fraction of sp³-hybridized carbons (Fsp3) is 0.609. The minimum atomic E-state index is -0.405. The average molecular weight is 428 g/mol. The Morgan fingerprint density at radius 1 is 1.29 bits per heavy atom. The van der Waals surface area contributed by atoms with Crippen molar-refractivity contribution in [1.29, 1.82) is 0 Å². The Hall–Kier alpha value is -2.61. The van der Waals surface area contributed by atoms with Gasteiger partial charge in [0, 0.05) is 45.7 Å². The lowest BCUT2D eigenvalue weighted by Crippen LogP contribution is -2.48. The first-order valence-electron chi connectivity index (χ1n) is 11.3. The molecule has 4 rings (SSSR count). The number of hydrogen-bond acceptors (Lipinski definition) is 5. The molecule has 2 saturated heterocycles. The smallest absolute Gasteiger partial charge is 0.317 e. The molecule has 0 aliphatic carbocycles. The third-order valence-corrected chi connectivity index (χ3v) is 6.38. The Kier molecular flexibility index (Phi) is 6.46. The van der Waals surface area contributed by atoms with Crippen molar-refractivity contribution < 1.29 is 14.4 Å². The third-order valence-electron chi connectivity index (χ3n) is 6.38. The SMILES string of the molecule is CC(C)c1ccc(CN2CCCC3(CC(C(=O)NCCN4CCNC4=O)=NO3)C2)cc1. The van der Waals surface area contributed by atoms with E-state index in [4.69, 9.17) is 4.84 Å². The molecule has 0 saturated carbocycles. The van der Waals surface area contributed by atoms with Gasteiger partial charge in [0.15, 0.2) is 5.60 Å². The molecule has 0 radical (unpaired) electrons. The molecule has 2 fully saturated rings. The summed E-state index contributed by atoms with van der Waals surface area (Å²) in [6.07, 6.45) is 2.47. The maximum Gasteiger partial charge on any atom is 0.317 e. The van der Waals surface area contributed by atoms with E-state index in [0.29, 0.717) is 44.2 Å². The largest absolute Gasteiger partial charge is 0.387 e. The van der Waals surface area contributed by atoms with Crippen LogP contribution in [0, 0.1) is 0 Å². The topological polar surface area (TPSA) is 86.3 Å². The van der Waals surface area contributed by atoms with Crippen molar-refractivity contribution in [3.8, 4) is 0 Å². The van der Waals surface area contributed by atoms with Gasteiger partial charge in [-0.3, -0.25) is 9.69 Å². The summed E-state index contributed by atoms with van der Waals surface area (Å²) < 4.78 is 0. The zero-order chi connectivity index (χ0) is 21.8. The maximum absolute atomic E-state index is 12.5. The Morgan fingerprint density at radius 2 is 2.10 bits per heavy atom. The highest BCUT2D eigenvalue weighted by atomic mass is 16.7. The summed E-state index contributed by atoms with van der Waals surface area (Å²) in [7, 11) is 0. The van der Waals surface area contributed by atoms with Gasteiger partial charge < -0.3 is 20.4 Å². The Bertz CT molecular complexity index is 838. The third kappa shape index (κ3) is 5.18. The van der Waals surface area contributed by atoms with E-state index in [1.54, 1.807) is 4.90 Å². The minimum Gasteiger partial charge on any atom is -0.387 e. The first-order valence-corrected chi connectivity index (χ1v) is 11.3. The second kappa shape index (κ2) is 9.26. The van der Waals surface area contributed by atoms with Crippen LogP contribution in [0.1, 0.15) is 50.2 Å². The summed E-state index contributed by atoms with van der Waals surface area (Å²) in [6.45, 7) is 9.34. The normalized spacial score (nSPS) is 23.8. The van der Waals surface area contributed by atoms with Gasteiger partial charge in [0.05, 0.1) is 0 Å². The second-order valence-electron chi connectivity index (χ2n) is 9.17. The van der Waals surface area contributed by atoms with E-state index < -0.39 is 5.60 Å². The van der Waals surface area contributed by atoms with Gasteiger partial charge in [-0.2, -0.15) is 0 Å². The molecule has 1 spiro atoms. The van der Waals surface area contributed by atoms with Crippen LogP contribution in [0.5, 0.6) is 0 Å². The summed E-state index contributed by atoms with van der Waals surface area (Å²) >= 11 is 0. The molecule has 1 aromatic rings. The van der Waals surface area contributed by atoms with Crippen molar-refractivity contribution in [3.05, 3.63) is 35.4 Å². The van der Waals surface area contributed by atoms with Crippen LogP contribution in [-0.4, -0.2) is 72.3 Å². The zero-order valence-corrected chi connectivity index (χ0v) is 18.5. The number of likely N-dealkylation sites (tertiary alicyclic amines) is 1. The van der Waals surface area contributed by atoms with E-state index in [0.717, 1.165) is 32.5 Å². The van der Waals surface area contributed by atoms with Crippen LogP contribution < -0.4 is 10.6 Å². The van der Waals surface area contributed by atoms with Gasteiger partial charge in [0.2, 0.25) is 0 Å². The van der Waals surface area contributed by atoms with Crippen LogP contribution >= 0.6 is 0 Å². The van der Waals surface area contributed by atoms with Gasteiger partial charge in [-0.25, -0.2) is 4.79 Å². The molecule has 3 heterocycles. The second-order valence-corrected chi connectivity index (χ2v) is 9.17. The number of carbonyl (C=O) groups excluding carboxylic acids is 2. The van der Waals surface area contributed by atoms with Crippen LogP contribution in [0.2, 0.25) is 0 Å². The van der Waals surface area contributed by atoms with E-state index in [-0.39, 0.29) is 11.9 Å². The molecule has 3 aliphatic heterocycles. The van der Waals surface area contributed by atoms with Gasteiger partial charge >= 0.3 is 6.03 Å². The lowest BCUT2D eigenvalue weighted by atomic mass is 9.87. The predicted molar refractivity (Wildman–Crippen MR) is 119 cm³/mol. The lowest BCUT2D eigenvalue weighted by Gasteiger charge is -2.38. The molecule has 8 heteroatoms. The van der Waals surface area contributed by atoms with E-state index >= 15 is 0 Å². The number of nitrogens with one attached hydrogen (secondary N) is 2.